The van der Waals surface area contributed by atoms with Crippen molar-refractivity contribution < 1.29 is 49.7 Å². The molecule has 3 fully saturated rings. The lowest BCUT2D eigenvalue weighted by molar-refractivity contribution is -0.133. The summed E-state index contributed by atoms with van der Waals surface area (Å²) in [5.74, 6) is 0.102. The summed E-state index contributed by atoms with van der Waals surface area (Å²) in [5.41, 5.74) is 8.00. The zero-order chi connectivity index (χ0) is 73.0. The predicted octanol–water partition coefficient (Wildman–Crippen LogP) is 8.60. The number of piperazine rings is 3. The maximum absolute atomic E-state index is 13.7. The van der Waals surface area contributed by atoms with Crippen LogP contribution in [0, 0.1) is 17.1 Å². The van der Waals surface area contributed by atoms with Gasteiger partial charge in [-0.1, -0.05) is 48.0 Å². The molecule has 3 amide bonds. The first-order valence-corrected chi connectivity index (χ1v) is 38.3. The topological polar surface area (TPSA) is 317 Å². The first kappa shape index (κ1) is 72.9. The Hall–Kier alpha value is -10.9. The number of fused-ring (bicyclic) bond motifs is 2. The molecule has 27 nitrogen and oxygen atoms in total. The number of nitrogens with one attached hydrogen (secondary N) is 3. The van der Waals surface area contributed by atoms with E-state index in [-0.39, 0.29) is 79.1 Å². The maximum atomic E-state index is 13.7. The van der Waals surface area contributed by atoms with Crippen molar-refractivity contribution in [2.75, 3.05) is 125 Å². The summed E-state index contributed by atoms with van der Waals surface area (Å²) >= 11 is 5.79. The number of rotatable bonds is 18. The number of carbonyl (C=O) groups is 3. The van der Waals surface area contributed by atoms with Crippen molar-refractivity contribution in [2.45, 2.75) is 53.6 Å². The number of amides is 3. The normalized spacial score (nSPS) is 15.8. The quantitative estimate of drug-likeness (QED) is 0.0723. The van der Waals surface area contributed by atoms with Crippen molar-refractivity contribution >= 4 is 99.6 Å². The second-order valence-corrected chi connectivity index (χ2v) is 30.4. The van der Waals surface area contributed by atoms with Crippen LogP contribution in [0.4, 0.5) is 44.6 Å². The van der Waals surface area contributed by atoms with Crippen molar-refractivity contribution in [3.63, 3.8) is 0 Å². The molecule has 3 N–H and O–H groups in total. The molecule has 8 heterocycles. The van der Waals surface area contributed by atoms with Crippen LogP contribution < -0.4 is 33.8 Å². The fourth-order valence-electron chi connectivity index (χ4n) is 12.9. The average Bonchev–Trinajstić information content (AvgIpc) is 1.32. The van der Waals surface area contributed by atoms with E-state index in [9.17, 15) is 49.3 Å². The molecular formula is C72H82ClFN18O9S3. The number of halogens is 2. The highest BCUT2D eigenvalue weighted by Gasteiger charge is 2.34. The number of aryl methyl sites for hydroxylation is 1. The molecule has 3 saturated heterocycles. The minimum atomic E-state index is -3.85. The Labute approximate surface area is 613 Å². The van der Waals surface area contributed by atoms with Gasteiger partial charge in [0.05, 0.1) is 38.7 Å². The number of aromatic nitrogens is 6. The summed E-state index contributed by atoms with van der Waals surface area (Å²) in [6.45, 7) is 12.0. The zero-order valence-electron chi connectivity index (χ0n) is 56.6. The number of sulfonamides is 3. The van der Waals surface area contributed by atoms with E-state index in [1.807, 2.05) is 66.4 Å². The monoisotopic (exact) mass is 1490 g/mol. The predicted molar refractivity (Wildman–Crippen MR) is 400 cm³/mol. The molecule has 32 heteroatoms. The highest BCUT2D eigenvalue weighted by Crippen LogP contribution is 2.32. The maximum Gasteiger partial charge on any atom is 0.263 e. The number of hydrogen-bond acceptors (Lipinski definition) is 21. The summed E-state index contributed by atoms with van der Waals surface area (Å²) in [7, 11) is -11.3. The van der Waals surface area contributed by atoms with Crippen LogP contribution in [0.1, 0.15) is 51.7 Å². The molecule has 0 saturated carbocycles. The van der Waals surface area contributed by atoms with Crippen molar-refractivity contribution in [3.8, 4) is 6.07 Å². The van der Waals surface area contributed by atoms with E-state index in [0.717, 1.165) is 97.1 Å². The van der Waals surface area contributed by atoms with Crippen LogP contribution in [0.3, 0.4) is 0 Å². The molecule has 104 heavy (non-hydrogen) atoms. The van der Waals surface area contributed by atoms with Gasteiger partial charge < -0.3 is 34.3 Å². The zero-order valence-corrected chi connectivity index (χ0v) is 59.8. The first-order chi connectivity index (χ1) is 50.2. The lowest BCUT2D eigenvalue weighted by Gasteiger charge is -2.41. The molecule has 546 valence electrons. The Bertz CT molecular complexity index is 4950. The van der Waals surface area contributed by atoms with E-state index in [1.54, 1.807) is 76.5 Å². The number of carbonyl (C=O) groups excluding carboxylic acids is 3. The van der Waals surface area contributed by atoms with Crippen LogP contribution in [-0.2, 0) is 59.2 Å². The lowest BCUT2D eigenvalue weighted by Crippen LogP contribution is -2.55. The third-order valence-corrected chi connectivity index (χ3v) is 22.7. The molecule has 1 atom stereocenters. The van der Waals surface area contributed by atoms with E-state index in [2.05, 4.69) is 74.6 Å². The number of hydrogen-bond donors (Lipinski definition) is 3. The smallest absolute Gasteiger partial charge is 0.263 e. The Kier molecular flexibility index (Phi) is 22.8. The van der Waals surface area contributed by atoms with Gasteiger partial charge in [-0.3, -0.25) is 38.4 Å². The van der Waals surface area contributed by atoms with E-state index in [4.69, 9.17) is 11.6 Å². The molecule has 0 spiro atoms. The van der Waals surface area contributed by atoms with E-state index < -0.39 is 30.1 Å². The third kappa shape index (κ3) is 17.9. The van der Waals surface area contributed by atoms with Crippen LogP contribution in [0.25, 0.3) is 0 Å². The minimum Gasteiger partial charge on any atom is -0.369 e. The second-order valence-electron chi connectivity index (χ2n) is 25.0. The van der Waals surface area contributed by atoms with Crippen LogP contribution in [0.15, 0.2) is 204 Å². The fraction of sp³-hybridized carbons (Fsp3) is 0.278. The Morgan fingerprint density at radius 3 is 1.62 bits per heavy atom. The van der Waals surface area contributed by atoms with Crippen molar-refractivity contribution in [1.82, 2.24) is 49.5 Å². The number of nitriles is 1. The summed E-state index contributed by atoms with van der Waals surface area (Å²) in [4.78, 5) is 78.3. The average molecular weight is 1490 g/mol. The highest BCUT2D eigenvalue weighted by molar-refractivity contribution is 7.93. The summed E-state index contributed by atoms with van der Waals surface area (Å²) in [5, 5.41) is 9.36. The van der Waals surface area contributed by atoms with Gasteiger partial charge in [0.15, 0.2) is 5.82 Å². The molecule has 0 unspecified atom stereocenters. The molecule has 0 bridgehead atoms. The van der Waals surface area contributed by atoms with Gasteiger partial charge in [0, 0.05) is 145 Å². The number of anilines is 7. The summed E-state index contributed by atoms with van der Waals surface area (Å²) in [6.07, 6.45) is 9.80. The van der Waals surface area contributed by atoms with Crippen LogP contribution in [-0.4, -0.2) is 190 Å². The largest absolute Gasteiger partial charge is 0.369 e. The van der Waals surface area contributed by atoms with E-state index in [1.165, 1.54) is 67.8 Å². The third-order valence-electron chi connectivity index (χ3n) is 18.4. The number of benzene rings is 6. The molecule has 0 radical (unpaired) electrons. The van der Waals surface area contributed by atoms with Gasteiger partial charge in [-0.15, -0.1) is 0 Å². The van der Waals surface area contributed by atoms with E-state index in [0.29, 0.717) is 64.5 Å². The molecule has 9 aromatic rings. The minimum absolute atomic E-state index is 0. The Balaban J connectivity index is 0.000000201. The Morgan fingerprint density at radius 1 is 0.587 bits per heavy atom. The van der Waals surface area contributed by atoms with Crippen molar-refractivity contribution in [1.29, 1.82) is 5.26 Å². The van der Waals surface area contributed by atoms with Gasteiger partial charge in [0.25, 0.3) is 36.0 Å². The number of nitrogens with zero attached hydrogens (tertiary/aromatic N) is 15. The summed E-state index contributed by atoms with van der Waals surface area (Å²) in [6, 6.07) is 44.9. The molecule has 5 aliphatic heterocycles. The lowest BCUT2D eigenvalue weighted by atomic mass is 9.99. The summed E-state index contributed by atoms with van der Waals surface area (Å²) < 4.78 is 96.6. The second kappa shape index (κ2) is 32.6. The molecule has 3 aromatic heterocycles. The van der Waals surface area contributed by atoms with Gasteiger partial charge in [-0.2, -0.15) is 5.26 Å². The van der Waals surface area contributed by atoms with Gasteiger partial charge in [-0.25, -0.2) is 54.6 Å². The van der Waals surface area contributed by atoms with Crippen molar-refractivity contribution in [3.05, 3.63) is 228 Å². The molecule has 14 rings (SSSR count). The van der Waals surface area contributed by atoms with Crippen LogP contribution >= 0.6 is 11.6 Å². The Morgan fingerprint density at radius 2 is 1.10 bits per heavy atom. The first-order valence-electron chi connectivity index (χ1n) is 33.5. The van der Waals surface area contributed by atoms with Gasteiger partial charge in [-0.05, 0) is 152 Å². The molecule has 6 aromatic carbocycles. The van der Waals surface area contributed by atoms with E-state index >= 15 is 0 Å². The fourth-order valence-corrected chi connectivity index (χ4v) is 16.0. The van der Waals surface area contributed by atoms with Gasteiger partial charge in [0.2, 0.25) is 11.8 Å². The van der Waals surface area contributed by atoms with Crippen LogP contribution in [0.5, 0.6) is 0 Å². The highest BCUT2D eigenvalue weighted by atomic mass is 35.5. The van der Waals surface area contributed by atoms with Gasteiger partial charge >= 0.3 is 0 Å². The van der Waals surface area contributed by atoms with Gasteiger partial charge in [0.1, 0.15) is 47.8 Å². The SMILES string of the molecule is C[C@H](C(=O)N1CCN(c2ccc(S(=O)(=O)Nc3cncc(Cl)n3)cc2)CC1)N1CCCc2cc(F)ccc21.N#Cc1ccccc1CN1CCN(c2ccc(S(=O)(=O)Nc3ccncn3)cc2)CC1.O=C(CN1Cc2ccccc2C1=O)N1CCN(c2ccc(S(=O)(=O)Nc3ccncn3)cc2)CC1.[HH].[HH].[HH].[HH]. The van der Waals surface area contributed by atoms with Crippen LogP contribution in [0.2, 0.25) is 5.15 Å². The van der Waals surface area contributed by atoms with Crippen molar-refractivity contribution in [2.24, 2.45) is 0 Å². The standard InChI is InChI=1S/C26H28ClFN6O3S.C24H24N6O4S.C22H22N6O2S.4H2/c1-18(34-10-2-3-19-15-20(28)4-9-23(19)34)26(35)33-13-11-32(12-14-33)21-5-7-22(8-6-21)38(36,37)31-25-17-29-16-24(27)30-25;31-23(16-30-15-18-3-1-2-4-21(18)24(30)32)29-13-11-28(12-14-29)19-5-7-20(8-6-19)35(33,34)27-22-9-10-25-17-26-22;23-15-18-3-1-2-4-19(18)16-27-11-13-28(14-12-27)20-5-7-21(8-6-20)31(29,30)26-22-9-10-24-17-25-22;;;;/h4-9,15-18H,2-3,10-14H2,1H3,(H,30,31);1-10,17H,11-16H2,(H,25,26,27);1-10,17H,11-14,16H2,(H,24,25,26);4*1H/t18-;;;;;;/m1....../s1. The molecule has 5 aliphatic rings. The molecule has 0 aliphatic carbocycles. The molecular weight excluding hydrogens is 1410 g/mol.